The first-order chi connectivity index (χ1) is 11.9. The zero-order chi connectivity index (χ0) is 18.0. The van der Waals surface area contributed by atoms with E-state index >= 15 is 0 Å². The van der Waals surface area contributed by atoms with Crippen LogP contribution in [-0.2, 0) is 14.8 Å². The van der Waals surface area contributed by atoms with Gasteiger partial charge in [-0.1, -0.05) is 18.2 Å². The number of carbonyl (C=O) groups excluding carboxylic acids is 1. The summed E-state index contributed by atoms with van der Waals surface area (Å²) in [6, 6.07) is 5.25. The summed E-state index contributed by atoms with van der Waals surface area (Å²) in [7, 11) is -3.49. The van der Waals surface area contributed by atoms with Crippen molar-refractivity contribution in [1.82, 2.24) is 9.21 Å². The number of rotatable bonds is 3. The van der Waals surface area contributed by atoms with Gasteiger partial charge >= 0.3 is 0 Å². The zero-order valence-electron chi connectivity index (χ0n) is 14.9. The van der Waals surface area contributed by atoms with Gasteiger partial charge in [-0.2, -0.15) is 4.31 Å². The van der Waals surface area contributed by atoms with Crippen molar-refractivity contribution in [1.29, 1.82) is 0 Å². The van der Waals surface area contributed by atoms with E-state index in [1.165, 1.54) is 4.31 Å². The van der Waals surface area contributed by atoms with E-state index in [-0.39, 0.29) is 11.8 Å². The fraction of sp³-hybridized carbons (Fsp3) is 0.526. The number of hydrogen-bond acceptors (Lipinski definition) is 3. The third kappa shape index (κ3) is 3.80. The van der Waals surface area contributed by atoms with Crippen molar-refractivity contribution < 1.29 is 13.2 Å². The van der Waals surface area contributed by atoms with E-state index in [1.807, 2.05) is 24.8 Å². The number of carbonyl (C=O) groups is 1. The Morgan fingerprint density at radius 2 is 1.76 bits per heavy atom. The molecule has 25 heavy (non-hydrogen) atoms. The Hall–Kier alpha value is -1.66. The van der Waals surface area contributed by atoms with Crippen LogP contribution in [0.25, 0.3) is 0 Å². The van der Waals surface area contributed by atoms with E-state index in [2.05, 4.69) is 12.2 Å². The molecule has 0 radical (unpaired) electrons. The molecule has 2 aliphatic rings. The van der Waals surface area contributed by atoms with Gasteiger partial charge in [0.05, 0.1) is 4.90 Å². The molecular formula is C19H26N2O3S. The molecule has 0 spiro atoms. The van der Waals surface area contributed by atoms with Crippen LogP contribution in [0.5, 0.6) is 0 Å². The maximum atomic E-state index is 12.8. The fourth-order valence-electron chi connectivity index (χ4n) is 3.45. The molecule has 6 heteroatoms. The summed E-state index contributed by atoms with van der Waals surface area (Å²) >= 11 is 0. The van der Waals surface area contributed by atoms with Crippen molar-refractivity contribution in [2.75, 3.05) is 26.2 Å². The maximum absolute atomic E-state index is 12.8. The van der Waals surface area contributed by atoms with Crippen LogP contribution in [-0.4, -0.2) is 49.7 Å². The lowest BCUT2D eigenvalue weighted by Gasteiger charge is -2.36. The molecule has 1 saturated heterocycles. The smallest absolute Gasteiger partial charge is 0.243 e. The summed E-state index contributed by atoms with van der Waals surface area (Å²) in [5, 5.41) is 0. The number of aryl methyl sites for hydroxylation is 2. The van der Waals surface area contributed by atoms with Gasteiger partial charge < -0.3 is 4.90 Å². The SMILES string of the molecule is Cc1ccc(S(=O)(=O)N2CCN(C(=O)[C@@H]3CC=CCC3)CC2)cc1C. The molecule has 0 unspecified atom stereocenters. The van der Waals surface area contributed by atoms with Gasteiger partial charge in [-0.15, -0.1) is 0 Å². The third-order valence-corrected chi connectivity index (χ3v) is 7.18. The minimum atomic E-state index is -3.49. The summed E-state index contributed by atoms with van der Waals surface area (Å²) in [6.07, 6.45) is 6.86. The van der Waals surface area contributed by atoms with Crippen LogP contribution in [0, 0.1) is 19.8 Å². The molecular weight excluding hydrogens is 336 g/mol. The fourth-order valence-corrected chi connectivity index (χ4v) is 4.96. The van der Waals surface area contributed by atoms with Gasteiger partial charge in [-0.05, 0) is 56.4 Å². The van der Waals surface area contributed by atoms with Gasteiger partial charge in [0.25, 0.3) is 0 Å². The van der Waals surface area contributed by atoms with E-state index in [1.54, 1.807) is 12.1 Å². The molecule has 1 amide bonds. The van der Waals surface area contributed by atoms with Crippen molar-refractivity contribution in [3.63, 3.8) is 0 Å². The van der Waals surface area contributed by atoms with Crippen molar-refractivity contribution in [3.8, 4) is 0 Å². The molecule has 1 heterocycles. The summed E-state index contributed by atoms with van der Waals surface area (Å²) < 4.78 is 27.2. The number of hydrogen-bond donors (Lipinski definition) is 0. The molecule has 1 aliphatic heterocycles. The van der Waals surface area contributed by atoms with Gasteiger partial charge in [0.1, 0.15) is 0 Å². The molecule has 0 saturated carbocycles. The van der Waals surface area contributed by atoms with Crippen LogP contribution in [0.3, 0.4) is 0 Å². The second-order valence-electron chi connectivity index (χ2n) is 6.96. The molecule has 1 aromatic carbocycles. The second kappa shape index (κ2) is 7.30. The number of piperazine rings is 1. The Bertz CT molecular complexity index is 778. The maximum Gasteiger partial charge on any atom is 0.243 e. The number of allylic oxidation sites excluding steroid dienone is 2. The highest BCUT2D eigenvalue weighted by Gasteiger charge is 2.32. The molecule has 1 aromatic rings. The van der Waals surface area contributed by atoms with E-state index in [9.17, 15) is 13.2 Å². The Morgan fingerprint density at radius 3 is 2.36 bits per heavy atom. The highest BCUT2D eigenvalue weighted by molar-refractivity contribution is 7.89. The minimum absolute atomic E-state index is 0.0629. The van der Waals surface area contributed by atoms with Crippen molar-refractivity contribution in [2.45, 2.75) is 38.0 Å². The summed E-state index contributed by atoms with van der Waals surface area (Å²) in [4.78, 5) is 14.8. The molecule has 1 fully saturated rings. The topological polar surface area (TPSA) is 57.7 Å². The minimum Gasteiger partial charge on any atom is -0.340 e. The van der Waals surface area contributed by atoms with Crippen molar-refractivity contribution in [2.24, 2.45) is 5.92 Å². The Kier molecular flexibility index (Phi) is 5.29. The Morgan fingerprint density at radius 1 is 1.04 bits per heavy atom. The standard InChI is InChI=1S/C19H26N2O3S/c1-15-8-9-18(14-16(15)2)25(23,24)21-12-10-20(11-13-21)19(22)17-6-4-3-5-7-17/h3-4,8-9,14,17H,5-7,10-13H2,1-2H3/t17-/m1/s1. The molecule has 3 rings (SSSR count). The average Bonchev–Trinajstić information content (AvgIpc) is 2.64. The summed E-state index contributed by atoms with van der Waals surface area (Å²) in [5.41, 5.74) is 2.05. The summed E-state index contributed by atoms with van der Waals surface area (Å²) in [6.45, 7) is 5.57. The molecule has 136 valence electrons. The molecule has 0 bridgehead atoms. The van der Waals surface area contributed by atoms with Crippen LogP contribution >= 0.6 is 0 Å². The second-order valence-corrected chi connectivity index (χ2v) is 8.89. The number of nitrogens with zero attached hydrogens (tertiary/aromatic N) is 2. The van der Waals surface area contributed by atoms with E-state index in [0.717, 1.165) is 30.4 Å². The molecule has 1 aliphatic carbocycles. The normalized spacial score (nSPS) is 22.2. The quantitative estimate of drug-likeness (QED) is 0.776. The predicted molar refractivity (Wildman–Crippen MR) is 97.7 cm³/mol. The van der Waals surface area contributed by atoms with E-state index in [0.29, 0.717) is 31.1 Å². The van der Waals surface area contributed by atoms with Crippen LogP contribution in [0.1, 0.15) is 30.4 Å². The van der Waals surface area contributed by atoms with Crippen molar-refractivity contribution >= 4 is 15.9 Å². The Balaban J connectivity index is 1.65. The van der Waals surface area contributed by atoms with Gasteiger partial charge in [-0.25, -0.2) is 8.42 Å². The van der Waals surface area contributed by atoms with E-state index < -0.39 is 10.0 Å². The zero-order valence-corrected chi connectivity index (χ0v) is 15.8. The van der Waals surface area contributed by atoms with Crippen LogP contribution in [0.2, 0.25) is 0 Å². The van der Waals surface area contributed by atoms with Crippen LogP contribution in [0.15, 0.2) is 35.2 Å². The molecule has 0 N–H and O–H groups in total. The largest absolute Gasteiger partial charge is 0.340 e. The van der Waals surface area contributed by atoms with Gasteiger partial charge in [-0.3, -0.25) is 4.79 Å². The van der Waals surface area contributed by atoms with Gasteiger partial charge in [0, 0.05) is 32.1 Å². The van der Waals surface area contributed by atoms with Crippen LogP contribution < -0.4 is 0 Å². The number of sulfonamides is 1. The number of amides is 1. The van der Waals surface area contributed by atoms with E-state index in [4.69, 9.17) is 0 Å². The average molecular weight is 362 g/mol. The lowest BCUT2D eigenvalue weighted by molar-refractivity contribution is -0.137. The highest BCUT2D eigenvalue weighted by Crippen LogP contribution is 2.23. The predicted octanol–water partition coefficient (Wildman–Crippen LogP) is 2.49. The highest BCUT2D eigenvalue weighted by atomic mass is 32.2. The molecule has 5 nitrogen and oxygen atoms in total. The van der Waals surface area contributed by atoms with Gasteiger partial charge in [0.2, 0.25) is 15.9 Å². The lowest BCUT2D eigenvalue weighted by Crippen LogP contribution is -2.51. The number of benzene rings is 1. The lowest BCUT2D eigenvalue weighted by atomic mass is 9.93. The van der Waals surface area contributed by atoms with Gasteiger partial charge in [0.15, 0.2) is 0 Å². The monoisotopic (exact) mass is 362 g/mol. The molecule has 1 atom stereocenters. The first-order valence-corrected chi connectivity index (χ1v) is 10.3. The first kappa shape index (κ1) is 18.1. The van der Waals surface area contributed by atoms with Crippen LogP contribution in [0.4, 0.5) is 0 Å². The Labute approximate surface area is 150 Å². The summed E-state index contributed by atoms with van der Waals surface area (Å²) in [5.74, 6) is 0.237. The first-order valence-electron chi connectivity index (χ1n) is 8.91. The van der Waals surface area contributed by atoms with Crippen molar-refractivity contribution in [3.05, 3.63) is 41.5 Å². The molecule has 0 aromatic heterocycles. The third-order valence-electron chi connectivity index (χ3n) is 5.28.